The van der Waals surface area contributed by atoms with E-state index >= 15 is 0 Å². The molecule has 0 bridgehead atoms. The average molecular weight is 449 g/mol. The van der Waals surface area contributed by atoms with Gasteiger partial charge in [-0.05, 0) is 43.2 Å². The predicted molar refractivity (Wildman–Crippen MR) is 121 cm³/mol. The van der Waals surface area contributed by atoms with Gasteiger partial charge in [-0.25, -0.2) is 0 Å². The lowest BCUT2D eigenvalue weighted by Gasteiger charge is -2.51. The summed E-state index contributed by atoms with van der Waals surface area (Å²) in [5, 5.41) is 10.7. The largest absolute Gasteiger partial charge is 0.457 e. The summed E-state index contributed by atoms with van der Waals surface area (Å²) < 4.78 is 24.8. The Hall–Kier alpha value is -0.256. The SMILES string of the molecule is CCC(=O)O[C@H]1[C@H](O[Si](C)(C)C(C)(C)C)[C@@H](O[Si](C)(C)C(C)(C)C)[C@@H](O)O[C@@H]1C. The maximum Gasteiger partial charge on any atom is 0.305 e. The van der Waals surface area contributed by atoms with E-state index in [1.807, 2.05) is 0 Å². The second-order valence-corrected chi connectivity index (χ2v) is 20.7. The molecule has 0 aromatic rings. The first-order chi connectivity index (χ1) is 12.8. The van der Waals surface area contributed by atoms with Crippen LogP contribution in [-0.4, -0.2) is 58.4 Å². The smallest absolute Gasteiger partial charge is 0.305 e. The van der Waals surface area contributed by atoms with E-state index in [9.17, 15) is 9.90 Å². The van der Waals surface area contributed by atoms with Crippen LogP contribution in [0.4, 0.5) is 0 Å². The molecule has 1 fully saturated rings. The van der Waals surface area contributed by atoms with Gasteiger partial charge in [-0.2, -0.15) is 0 Å². The Morgan fingerprint density at radius 1 is 0.897 bits per heavy atom. The molecule has 172 valence electrons. The molecular formula is C21H44O6Si2. The molecule has 0 aliphatic carbocycles. The van der Waals surface area contributed by atoms with Crippen molar-refractivity contribution in [1.29, 1.82) is 0 Å². The molecule has 8 heteroatoms. The van der Waals surface area contributed by atoms with Gasteiger partial charge in [0.05, 0.1) is 6.10 Å². The van der Waals surface area contributed by atoms with Crippen molar-refractivity contribution in [2.75, 3.05) is 0 Å². The van der Waals surface area contributed by atoms with Gasteiger partial charge in [-0.1, -0.05) is 48.5 Å². The van der Waals surface area contributed by atoms with Crippen molar-refractivity contribution in [3.63, 3.8) is 0 Å². The van der Waals surface area contributed by atoms with Crippen LogP contribution in [0.1, 0.15) is 61.8 Å². The van der Waals surface area contributed by atoms with E-state index in [-0.39, 0.29) is 22.5 Å². The molecule has 0 spiro atoms. The van der Waals surface area contributed by atoms with Gasteiger partial charge in [0.25, 0.3) is 0 Å². The minimum absolute atomic E-state index is 0.0413. The maximum absolute atomic E-state index is 12.1. The highest BCUT2D eigenvalue weighted by Crippen LogP contribution is 2.43. The van der Waals surface area contributed by atoms with Crippen LogP contribution in [0.5, 0.6) is 0 Å². The fourth-order valence-electron chi connectivity index (χ4n) is 2.68. The van der Waals surface area contributed by atoms with Gasteiger partial charge in [-0.15, -0.1) is 0 Å². The van der Waals surface area contributed by atoms with Crippen molar-refractivity contribution in [1.82, 2.24) is 0 Å². The van der Waals surface area contributed by atoms with E-state index in [4.69, 9.17) is 18.3 Å². The molecule has 0 unspecified atom stereocenters. The van der Waals surface area contributed by atoms with Crippen LogP contribution >= 0.6 is 0 Å². The molecule has 0 aromatic heterocycles. The molecule has 0 saturated carbocycles. The Morgan fingerprint density at radius 3 is 1.69 bits per heavy atom. The Balaban J connectivity index is 3.37. The fraction of sp³-hybridized carbons (Fsp3) is 0.952. The highest BCUT2D eigenvalue weighted by atomic mass is 28.4. The lowest BCUT2D eigenvalue weighted by atomic mass is 10.00. The van der Waals surface area contributed by atoms with Gasteiger partial charge in [0.15, 0.2) is 29.0 Å². The minimum atomic E-state index is -2.24. The third kappa shape index (κ3) is 6.37. The van der Waals surface area contributed by atoms with Crippen molar-refractivity contribution in [3.05, 3.63) is 0 Å². The van der Waals surface area contributed by atoms with E-state index < -0.39 is 47.3 Å². The van der Waals surface area contributed by atoms with Crippen LogP contribution in [-0.2, 0) is 23.1 Å². The minimum Gasteiger partial charge on any atom is -0.457 e. The third-order valence-electron chi connectivity index (χ3n) is 6.78. The molecule has 0 aromatic carbocycles. The van der Waals surface area contributed by atoms with Crippen LogP contribution in [0.3, 0.4) is 0 Å². The lowest BCUT2D eigenvalue weighted by molar-refractivity contribution is -0.274. The summed E-state index contributed by atoms with van der Waals surface area (Å²) in [5.74, 6) is -0.309. The zero-order valence-corrected chi connectivity index (χ0v) is 22.6. The Bertz CT molecular complexity index is 564. The third-order valence-corrected chi connectivity index (χ3v) is 15.7. The number of rotatable bonds is 6. The molecule has 0 amide bonds. The van der Waals surface area contributed by atoms with Gasteiger partial charge in [0, 0.05) is 6.42 Å². The summed E-state index contributed by atoms with van der Waals surface area (Å²) in [6.45, 7) is 25.1. The zero-order chi connectivity index (χ0) is 23.0. The quantitative estimate of drug-likeness (QED) is 0.463. The average Bonchev–Trinajstić information content (AvgIpc) is 2.52. The first-order valence-corrected chi connectivity index (χ1v) is 16.5. The van der Waals surface area contributed by atoms with Crippen LogP contribution in [0.2, 0.25) is 36.3 Å². The summed E-state index contributed by atoms with van der Waals surface area (Å²) in [6.07, 6.45) is -3.28. The van der Waals surface area contributed by atoms with Gasteiger partial charge >= 0.3 is 5.97 Å². The van der Waals surface area contributed by atoms with E-state index in [1.165, 1.54) is 0 Å². The maximum atomic E-state index is 12.1. The van der Waals surface area contributed by atoms with Gasteiger partial charge in [-0.3, -0.25) is 4.79 Å². The van der Waals surface area contributed by atoms with Crippen molar-refractivity contribution in [2.24, 2.45) is 0 Å². The van der Waals surface area contributed by atoms with E-state index in [1.54, 1.807) is 13.8 Å². The van der Waals surface area contributed by atoms with Crippen molar-refractivity contribution in [2.45, 2.75) is 129 Å². The van der Waals surface area contributed by atoms with Crippen LogP contribution in [0.25, 0.3) is 0 Å². The molecular weight excluding hydrogens is 404 g/mol. The zero-order valence-electron chi connectivity index (χ0n) is 20.6. The summed E-state index contributed by atoms with van der Waals surface area (Å²) in [7, 11) is -4.48. The Morgan fingerprint density at radius 2 is 1.31 bits per heavy atom. The number of esters is 1. The molecule has 1 rings (SSSR count). The number of aliphatic hydroxyl groups is 1. The second-order valence-electron chi connectivity index (χ2n) is 11.2. The number of carbonyl (C=O) groups excluding carboxylic acids is 1. The molecule has 1 saturated heterocycles. The van der Waals surface area contributed by atoms with Crippen molar-refractivity contribution >= 4 is 22.6 Å². The van der Waals surface area contributed by atoms with Crippen LogP contribution in [0, 0.1) is 0 Å². The number of aliphatic hydroxyl groups excluding tert-OH is 1. The van der Waals surface area contributed by atoms with Crippen molar-refractivity contribution in [3.8, 4) is 0 Å². The highest BCUT2D eigenvalue weighted by molar-refractivity contribution is 6.74. The lowest BCUT2D eigenvalue weighted by Crippen LogP contribution is -2.65. The van der Waals surface area contributed by atoms with E-state index in [0.717, 1.165) is 0 Å². The molecule has 0 radical (unpaired) electrons. The highest BCUT2D eigenvalue weighted by Gasteiger charge is 2.53. The number of ether oxygens (including phenoxy) is 2. The Kier molecular flexibility index (Phi) is 8.39. The monoisotopic (exact) mass is 448 g/mol. The summed E-state index contributed by atoms with van der Waals surface area (Å²) in [6, 6.07) is 0. The molecule has 29 heavy (non-hydrogen) atoms. The summed E-state index contributed by atoms with van der Waals surface area (Å²) in [4.78, 5) is 12.1. The van der Waals surface area contributed by atoms with Gasteiger partial charge in [0.1, 0.15) is 12.2 Å². The van der Waals surface area contributed by atoms with E-state index in [2.05, 4.69) is 67.7 Å². The van der Waals surface area contributed by atoms with Crippen molar-refractivity contribution < 1.29 is 28.2 Å². The molecule has 1 N–H and O–H groups in total. The molecule has 1 heterocycles. The van der Waals surface area contributed by atoms with Gasteiger partial charge < -0.3 is 23.4 Å². The van der Waals surface area contributed by atoms with Crippen LogP contribution in [0.15, 0.2) is 0 Å². The first kappa shape index (κ1) is 26.8. The molecule has 1 aliphatic rings. The second kappa shape index (κ2) is 9.08. The predicted octanol–water partition coefficient (Wildman–Crippen LogP) is 4.83. The number of hydrogen-bond donors (Lipinski definition) is 1. The Labute approximate surface area is 179 Å². The fourth-order valence-corrected chi connectivity index (χ4v) is 5.27. The summed E-state index contributed by atoms with van der Waals surface area (Å²) >= 11 is 0. The standard InChI is InChI=1S/C21H44O6Si2/c1-13-15(22)25-16-14(2)24-19(23)18(27-29(11,12)21(6,7)8)17(16)26-28(9,10)20(3,4)5/h14,16-19,23H,13H2,1-12H3/t14-,16-,17+,18-,19+/m1/s1. The molecule has 6 nitrogen and oxygen atoms in total. The topological polar surface area (TPSA) is 74.2 Å². The normalized spacial score (nSPS) is 29.6. The van der Waals surface area contributed by atoms with E-state index in [0.29, 0.717) is 0 Å². The number of carbonyl (C=O) groups is 1. The molecule has 1 aliphatic heterocycles. The molecule has 5 atom stereocenters. The van der Waals surface area contributed by atoms with Crippen LogP contribution < -0.4 is 0 Å². The van der Waals surface area contributed by atoms with Gasteiger partial charge in [0.2, 0.25) is 0 Å². The number of hydrogen-bond acceptors (Lipinski definition) is 6. The first-order valence-electron chi connectivity index (χ1n) is 10.7. The summed E-state index contributed by atoms with van der Waals surface area (Å²) in [5.41, 5.74) is 0.